The number of allylic oxidation sites excluding steroid dienone is 6. The van der Waals surface area contributed by atoms with Crippen LogP contribution < -0.4 is 23.7 Å². The van der Waals surface area contributed by atoms with Crippen molar-refractivity contribution < 1.29 is 47.7 Å². The molecular weight excluding hydrogens is 688 g/mol. The minimum absolute atomic E-state index is 0.239. The molecule has 0 aromatic heterocycles. The van der Waals surface area contributed by atoms with Gasteiger partial charge in [-0.2, -0.15) is 0 Å². The van der Waals surface area contributed by atoms with Gasteiger partial charge in [-0.3, -0.25) is 19.2 Å². The summed E-state index contributed by atoms with van der Waals surface area (Å²) in [5.41, 5.74) is 6.72. The maximum atomic E-state index is 12.9. The molecule has 0 heterocycles. The maximum Gasteiger partial charge on any atom is 0.339 e. The molecule has 0 radical (unpaired) electrons. The van der Waals surface area contributed by atoms with Gasteiger partial charge in [-0.25, -0.2) is 4.79 Å². The van der Waals surface area contributed by atoms with Crippen LogP contribution in [0.2, 0.25) is 0 Å². The first-order valence-corrected chi connectivity index (χ1v) is 16.4. The highest BCUT2D eigenvalue weighted by Gasteiger charge is 2.19. The van der Waals surface area contributed by atoms with Gasteiger partial charge >= 0.3 is 5.97 Å². The first-order valence-electron chi connectivity index (χ1n) is 16.4. The van der Waals surface area contributed by atoms with Crippen molar-refractivity contribution >= 4 is 36.9 Å². The van der Waals surface area contributed by atoms with Gasteiger partial charge in [0.15, 0.2) is 11.5 Å². The Bertz CT molecular complexity index is 1740. The third-order valence-corrected chi connectivity index (χ3v) is 6.47. The number of rotatable bonds is 12. The van der Waals surface area contributed by atoms with E-state index in [2.05, 4.69) is 19.7 Å². The van der Waals surface area contributed by atoms with Crippen molar-refractivity contribution in [2.45, 2.75) is 55.4 Å². The molecular formula is C44H54O10. The summed E-state index contributed by atoms with van der Waals surface area (Å²) < 4.78 is 26.8. The van der Waals surface area contributed by atoms with E-state index in [1.807, 2.05) is 52.0 Å². The van der Waals surface area contributed by atoms with Gasteiger partial charge in [0.2, 0.25) is 0 Å². The van der Waals surface area contributed by atoms with Crippen LogP contribution in [0.3, 0.4) is 0 Å². The minimum atomic E-state index is -0.525. The second-order valence-corrected chi connectivity index (χ2v) is 11.6. The average Bonchev–Trinajstić information content (AvgIpc) is 3.17. The second kappa shape index (κ2) is 28.3. The Morgan fingerprint density at radius 1 is 0.611 bits per heavy atom. The topological polar surface area (TPSA) is 132 Å². The average molecular weight is 743 g/mol. The summed E-state index contributed by atoms with van der Waals surface area (Å²) in [7, 11) is 4.67. The highest BCUT2D eigenvalue weighted by molar-refractivity contribution is 5.98. The number of hydrogen-bond acceptors (Lipinski definition) is 10. The van der Waals surface area contributed by atoms with Crippen molar-refractivity contribution in [3.63, 3.8) is 0 Å². The summed E-state index contributed by atoms with van der Waals surface area (Å²) >= 11 is 0. The van der Waals surface area contributed by atoms with Crippen molar-refractivity contribution in [1.82, 2.24) is 0 Å². The molecule has 290 valence electrons. The fourth-order valence-electron chi connectivity index (χ4n) is 3.40. The Balaban J connectivity index is 0. The monoisotopic (exact) mass is 742 g/mol. The molecule has 0 saturated carbocycles. The molecule has 3 aromatic carbocycles. The molecule has 0 unspecified atom stereocenters. The summed E-state index contributed by atoms with van der Waals surface area (Å²) in [6.07, 6.45) is 4.05. The lowest BCUT2D eigenvalue weighted by molar-refractivity contribution is -0.130. The van der Waals surface area contributed by atoms with Crippen LogP contribution in [0.5, 0.6) is 28.7 Å². The number of carbonyl (C=O) groups excluding carboxylic acids is 5. The maximum absolute atomic E-state index is 12.9. The van der Waals surface area contributed by atoms with E-state index in [4.69, 9.17) is 23.7 Å². The van der Waals surface area contributed by atoms with Crippen molar-refractivity contribution in [1.29, 1.82) is 0 Å². The zero-order valence-electron chi connectivity index (χ0n) is 33.4. The molecule has 3 rings (SSSR count). The number of methoxy groups -OCH3 is 3. The highest BCUT2D eigenvalue weighted by Crippen LogP contribution is 2.41. The predicted molar refractivity (Wildman–Crippen MR) is 216 cm³/mol. The Kier molecular flexibility index (Phi) is 26.1. The van der Waals surface area contributed by atoms with Crippen molar-refractivity contribution in [3.8, 4) is 39.9 Å². The van der Waals surface area contributed by atoms with E-state index >= 15 is 0 Å². The van der Waals surface area contributed by atoms with Crippen molar-refractivity contribution in [2.24, 2.45) is 0 Å². The molecule has 0 aliphatic rings. The number of carbonyl (C=O) groups is 5. The molecule has 0 aliphatic carbocycles. The molecule has 0 fully saturated rings. The van der Waals surface area contributed by atoms with Crippen molar-refractivity contribution in [3.05, 3.63) is 120 Å². The molecule has 54 heavy (non-hydrogen) atoms. The SMILES string of the molecule is C/C=C(/C)C=O.C=C(C)C.C=C(C)C=O.C=C(C)C=O.COc1ccc(-c2cc(OC)c(OC(=O)/C(C)=C(\C)c3ccc(OC=O)cc3)cc2OC)cc1. The molecule has 0 N–H and O–H groups in total. The summed E-state index contributed by atoms with van der Waals surface area (Å²) in [6.45, 7) is 24.9. The second-order valence-electron chi connectivity index (χ2n) is 11.6. The van der Waals surface area contributed by atoms with E-state index in [9.17, 15) is 24.0 Å². The summed E-state index contributed by atoms with van der Waals surface area (Å²) in [4.78, 5) is 51.9. The normalized spacial score (nSPS) is 10.0. The largest absolute Gasteiger partial charge is 0.497 e. The smallest absolute Gasteiger partial charge is 0.339 e. The molecule has 0 atom stereocenters. The van der Waals surface area contributed by atoms with Crippen LogP contribution in [0, 0.1) is 0 Å². The first kappa shape index (κ1) is 49.8. The van der Waals surface area contributed by atoms with Crippen molar-refractivity contribution in [2.75, 3.05) is 21.3 Å². The molecule has 3 aromatic rings. The molecule has 0 aliphatic heterocycles. The van der Waals surface area contributed by atoms with Crippen LogP contribution in [0.15, 0.2) is 114 Å². The fraction of sp³-hybridized carbons (Fsp3) is 0.250. The predicted octanol–water partition coefficient (Wildman–Crippen LogP) is 9.57. The molecule has 10 nitrogen and oxygen atoms in total. The standard InChI is InChI=1S/C27H26O7.C5H8O.2C4H6O.C4H8/c1-17(19-6-12-22(13-7-19)33-16-28)18(2)27(29)34-26-15-24(31-4)23(14-25(26)32-5)20-8-10-21(30-3)11-9-20;1-3-5(2)4-6;2*1-4(2)3-5;1-4(2)3/h6-16H,1-5H3;3-4H,1-2H3;2*3H,1H2,2H3;1H2,2-3H3/b18-17+;5-3-;;;. The third kappa shape index (κ3) is 20.5. The van der Waals surface area contributed by atoms with Gasteiger partial charge < -0.3 is 23.7 Å². The van der Waals surface area contributed by atoms with Gasteiger partial charge in [-0.1, -0.05) is 49.1 Å². The lowest BCUT2D eigenvalue weighted by atomic mass is 10.0. The van der Waals surface area contributed by atoms with E-state index in [0.717, 1.165) is 52.4 Å². The highest BCUT2D eigenvalue weighted by atomic mass is 16.6. The van der Waals surface area contributed by atoms with E-state index < -0.39 is 5.97 Å². The number of hydrogen-bond donors (Lipinski definition) is 0. The van der Waals surface area contributed by atoms with Crippen LogP contribution in [-0.4, -0.2) is 52.6 Å². The molecule has 0 saturated heterocycles. The van der Waals surface area contributed by atoms with Gasteiger partial charge in [-0.15, -0.1) is 6.58 Å². The summed E-state index contributed by atoms with van der Waals surface area (Å²) in [5, 5.41) is 0. The lowest BCUT2D eigenvalue weighted by Crippen LogP contribution is -2.11. The van der Waals surface area contributed by atoms with E-state index in [0.29, 0.717) is 40.4 Å². The van der Waals surface area contributed by atoms with Crippen LogP contribution >= 0.6 is 0 Å². The summed E-state index contributed by atoms with van der Waals surface area (Å²) in [5.74, 6) is 1.79. The Morgan fingerprint density at radius 2 is 1.07 bits per heavy atom. The zero-order chi connectivity index (χ0) is 41.8. The zero-order valence-corrected chi connectivity index (χ0v) is 33.4. The Labute approximate surface area is 320 Å². The summed E-state index contributed by atoms with van der Waals surface area (Å²) in [6, 6.07) is 17.7. The quantitative estimate of drug-likeness (QED) is 0.0581. The van der Waals surface area contributed by atoms with E-state index in [1.165, 1.54) is 12.7 Å². The molecule has 0 bridgehead atoms. The lowest BCUT2D eigenvalue weighted by Gasteiger charge is -2.16. The molecule has 10 heteroatoms. The number of ether oxygens (including phenoxy) is 5. The number of benzene rings is 3. The van der Waals surface area contributed by atoms with E-state index in [-0.39, 0.29) is 5.75 Å². The van der Waals surface area contributed by atoms with Crippen LogP contribution in [0.25, 0.3) is 16.7 Å². The van der Waals surface area contributed by atoms with Gasteiger partial charge in [-0.05, 0) is 119 Å². The molecule has 0 spiro atoms. The van der Waals surface area contributed by atoms with Gasteiger partial charge in [0, 0.05) is 17.2 Å². The Morgan fingerprint density at radius 3 is 1.43 bits per heavy atom. The number of aldehydes is 3. The molecule has 0 amide bonds. The van der Waals surface area contributed by atoms with Crippen LogP contribution in [0.1, 0.15) is 61.0 Å². The van der Waals surface area contributed by atoms with E-state index in [1.54, 1.807) is 84.4 Å². The number of esters is 1. The third-order valence-electron chi connectivity index (χ3n) is 6.47. The van der Waals surface area contributed by atoms with Gasteiger partial charge in [0.05, 0.1) is 21.3 Å². The fourth-order valence-corrected chi connectivity index (χ4v) is 3.40. The Hall–Kier alpha value is -6.29. The van der Waals surface area contributed by atoms with Gasteiger partial charge in [0.1, 0.15) is 36.1 Å². The first-order chi connectivity index (χ1) is 25.5. The van der Waals surface area contributed by atoms with Crippen LogP contribution in [-0.2, 0) is 24.0 Å². The van der Waals surface area contributed by atoms with Crippen LogP contribution in [0.4, 0.5) is 0 Å². The van der Waals surface area contributed by atoms with Gasteiger partial charge in [0.25, 0.3) is 6.47 Å². The minimum Gasteiger partial charge on any atom is -0.497 e.